The third-order valence-electron chi connectivity index (χ3n) is 4.15. The van der Waals surface area contributed by atoms with Gasteiger partial charge in [0.2, 0.25) is 11.0 Å². The predicted molar refractivity (Wildman–Crippen MR) is 119 cm³/mol. The van der Waals surface area contributed by atoms with Crippen molar-refractivity contribution in [1.29, 1.82) is 0 Å². The molecule has 3 aromatic carbocycles. The van der Waals surface area contributed by atoms with Crippen molar-refractivity contribution in [2.75, 3.05) is 23.5 Å². The molecule has 0 aliphatic carbocycles. The number of nitrogens with zero attached hydrogens (tertiary/aromatic N) is 2. The number of fused-ring (bicyclic) bond motifs is 1. The van der Waals surface area contributed by atoms with E-state index in [-0.39, 0.29) is 11.7 Å². The van der Waals surface area contributed by atoms with Gasteiger partial charge < -0.3 is 15.4 Å². The van der Waals surface area contributed by atoms with E-state index in [0.29, 0.717) is 5.13 Å². The summed E-state index contributed by atoms with van der Waals surface area (Å²) in [5.41, 5.74) is 1.63. The Bertz CT molecular complexity index is 1140. The minimum Gasteiger partial charge on any atom is -0.495 e. The Hall–Kier alpha value is -3.10. The van der Waals surface area contributed by atoms with E-state index < -0.39 is 0 Å². The van der Waals surface area contributed by atoms with Crippen LogP contribution in [0, 0.1) is 0 Å². The zero-order valence-corrected chi connectivity index (χ0v) is 17.2. The van der Waals surface area contributed by atoms with Gasteiger partial charge in [-0.15, -0.1) is 10.2 Å². The number of nitrogens with one attached hydrogen (secondary N) is 2. The van der Waals surface area contributed by atoms with Crippen LogP contribution in [0.4, 0.5) is 16.5 Å². The summed E-state index contributed by atoms with van der Waals surface area (Å²) in [6.07, 6.45) is 0. The van der Waals surface area contributed by atoms with Gasteiger partial charge in [0.25, 0.3) is 0 Å². The normalized spacial score (nSPS) is 10.7. The number of hydrogen-bond acceptors (Lipinski definition) is 7. The lowest BCUT2D eigenvalue weighted by molar-refractivity contribution is -0.113. The second kappa shape index (κ2) is 8.93. The molecular weight excluding hydrogens is 404 g/mol. The van der Waals surface area contributed by atoms with E-state index in [1.807, 2.05) is 66.7 Å². The fourth-order valence-electron chi connectivity index (χ4n) is 2.83. The predicted octanol–water partition coefficient (Wildman–Crippen LogP) is 5.17. The monoisotopic (exact) mass is 422 g/mol. The molecule has 6 nitrogen and oxygen atoms in total. The highest BCUT2D eigenvalue weighted by Gasteiger charge is 2.11. The lowest BCUT2D eigenvalue weighted by atomic mass is 10.1. The van der Waals surface area contributed by atoms with E-state index in [2.05, 4.69) is 20.8 Å². The van der Waals surface area contributed by atoms with Gasteiger partial charge in [-0.1, -0.05) is 71.6 Å². The Balaban J connectivity index is 1.36. The Morgan fingerprint density at radius 1 is 1.00 bits per heavy atom. The number of amides is 1. The minimum absolute atomic E-state index is 0.0826. The maximum atomic E-state index is 12.4. The van der Waals surface area contributed by atoms with Gasteiger partial charge in [0.1, 0.15) is 5.75 Å². The van der Waals surface area contributed by atoms with Crippen LogP contribution >= 0.6 is 23.1 Å². The molecule has 0 unspecified atom stereocenters. The van der Waals surface area contributed by atoms with Gasteiger partial charge in [-0.05, 0) is 23.6 Å². The first-order chi connectivity index (χ1) is 14.2. The third kappa shape index (κ3) is 4.67. The molecule has 4 aromatic rings. The van der Waals surface area contributed by atoms with Crippen LogP contribution in [0.25, 0.3) is 10.8 Å². The summed E-state index contributed by atoms with van der Waals surface area (Å²) in [7, 11) is 1.62. The molecule has 8 heteroatoms. The summed E-state index contributed by atoms with van der Waals surface area (Å²) in [6, 6.07) is 21.4. The number of anilines is 3. The quantitative estimate of drug-likeness (QED) is 0.400. The zero-order chi connectivity index (χ0) is 20.1. The van der Waals surface area contributed by atoms with Crippen molar-refractivity contribution < 1.29 is 9.53 Å². The van der Waals surface area contributed by atoms with Crippen LogP contribution in [0.2, 0.25) is 0 Å². The van der Waals surface area contributed by atoms with Gasteiger partial charge >= 0.3 is 0 Å². The topological polar surface area (TPSA) is 76.1 Å². The Labute approximate surface area is 176 Å². The standard InChI is InChI=1S/C21H18N4O2S2/c1-27-18-12-5-4-10-17(18)23-20-24-25-21(29-20)28-13-19(26)22-16-11-6-8-14-7-2-3-9-15(14)16/h2-12H,13H2,1H3,(H,22,26)(H,23,24). The number of carbonyl (C=O) groups excluding carboxylic acids is 1. The molecule has 0 spiro atoms. The van der Waals surface area contributed by atoms with E-state index in [4.69, 9.17) is 4.74 Å². The second-order valence-electron chi connectivity index (χ2n) is 6.06. The first-order valence-corrected chi connectivity index (χ1v) is 10.7. The van der Waals surface area contributed by atoms with Crippen LogP contribution in [0.5, 0.6) is 5.75 Å². The fraction of sp³-hybridized carbons (Fsp3) is 0.0952. The highest BCUT2D eigenvalue weighted by atomic mass is 32.2. The number of para-hydroxylation sites is 2. The molecule has 0 saturated heterocycles. The maximum Gasteiger partial charge on any atom is 0.234 e. The van der Waals surface area contributed by atoms with E-state index >= 15 is 0 Å². The van der Waals surface area contributed by atoms with Gasteiger partial charge in [0, 0.05) is 11.1 Å². The van der Waals surface area contributed by atoms with E-state index in [0.717, 1.165) is 32.2 Å². The lowest BCUT2D eigenvalue weighted by Gasteiger charge is -2.08. The summed E-state index contributed by atoms with van der Waals surface area (Å²) in [5, 5.41) is 17.2. The number of hydrogen-bond donors (Lipinski definition) is 2. The zero-order valence-electron chi connectivity index (χ0n) is 15.6. The van der Waals surface area contributed by atoms with Crippen molar-refractivity contribution in [3.05, 3.63) is 66.7 Å². The molecular formula is C21H18N4O2S2. The second-order valence-corrected chi connectivity index (χ2v) is 8.26. The molecule has 146 valence electrons. The maximum absolute atomic E-state index is 12.4. The van der Waals surface area contributed by atoms with Crippen molar-refractivity contribution in [2.24, 2.45) is 0 Å². The van der Waals surface area contributed by atoms with Crippen LogP contribution in [-0.2, 0) is 4.79 Å². The number of benzene rings is 3. The van der Waals surface area contributed by atoms with E-state index in [9.17, 15) is 4.79 Å². The molecule has 0 atom stereocenters. The number of thioether (sulfide) groups is 1. The number of ether oxygens (including phenoxy) is 1. The van der Waals surface area contributed by atoms with Crippen LogP contribution in [0.3, 0.4) is 0 Å². The van der Waals surface area contributed by atoms with Crippen LogP contribution < -0.4 is 15.4 Å². The first-order valence-electron chi connectivity index (χ1n) is 8.87. The smallest absolute Gasteiger partial charge is 0.234 e. The molecule has 0 saturated carbocycles. The average Bonchev–Trinajstić information content (AvgIpc) is 3.20. The molecule has 29 heavy (non-hydrogen) atoms. The molecule has 1 heterocycles. The summed E-state index contributed by atoms with van der Waals surface area (Å²) in [6.45, 7) is 0. The van der Waals surface area contributed by atoms with E-state index in [1.54, 1.807) is 7.11 Å². The number of aromatic nitrogens is 2. The summed E-state index contributed by atoms with van der Waals surface area (Å²) >= 11 is 2.75. The first kappa shape index (κ1) is 19.2. The van der Waals surface area contributed by atoms with Gasteiger partial charge in [-0.25, -0.2) is 0 Å². The Morgan fingerprint density at radius 2 is 1.76 bits per heavy atom. The molecule has 1 amide bonds. The van der Waals surface area contributed by atoms with Gasteiger partial charge in [0.05, 0.1) is 18.6 Å². The van der Waals surface area contributed by atoms with Crippen LogP contribution in [-0.4, -0.2) is 29.0 Å². The fourth-order valence-corrected chi connectivity index (χ4v) is 4.39. The Morgan fingerprint density at radius 3 is 2.66 bits per heavy atom. The number of rotatable bonds is 7. The number of methoxy groups -OCH3 is 1. The van der Waals surface area contributed by atoms with Crippen LogP contribution in [0.1, 0.15) is 0 Å². The number of carbonyl (C=O) groups is 1. The van der Waals surface area contributed by atoms with Crippen molar-refractivity contribution >= 4 is 56.3 Å². The van der Waals surface area contributed by atoms with Gasteiger partial charge in [-0.2, -0.15) is 0 Å². The minimum atomic E-state index is -0.0826. The summed E-state index contributed by atoms with van der Waals surface area (Å²) in [5.74, 6) is 0.902. The average molecular weight is 423 g/mol. The molecule has 1 aromatic heterocycles. The largest absolute Gasteiger partial charge is 0.495 e. The third-order valence-corrected chi connectivity index (χ3v) is 6.12. The Kier molecular flexibility index (Phi) is 5.92. The van der Waals surface area contributed by atoms with Crippen molar-refractivity contribution in [3.63, 3.8) is 0 Å². The van der Waals surface area contributed by atoms with E-state index in [1.165, 1.54) is 23.1 Å². The molecule has 0 aliphatic rings. The summed E-state index contributed by atoms with van der Waals surface area (Å²) < 4.78 is 6.04. The van der Waals surface area contributed by atoms with Gasteiger partial charge in [-0.3, -0.25) is 4.79 Å². The molecule has 0 radical (unpaired) electrons. The van der Waals surface area contributed by atoms with Crippen molar-refractivity contribution in [3.8, 4) is 5.75 Å². The highest BCUT2D eigenvalue weighted by molar-refractivity contribution is 8.01. The van der Waals surface area contributed by atoms with Crippen molar-refractivity contribution in [1.82, 2.24) is 10.2 Å². The molecule has 0 bridgehead atoms. The summed E-state index contributed by atoms with van der Waals surface area (Å²) in [4.78, 5) is 12.4. The molecule has 0 fully saturated rings. The molecule has 4 rings (SSSR count). The molecule has 2 N–H and O–H groups in total. The van der Waals surface area contributed by atoms with Gasteiger partial charge in [0.15, 0.2) is 4.34 Å². The SMILES string of the molecule is COc1ccccc1Nc1nnc(SCC(=O)Nc2cccc3ccccc23)s1. The highest BCUT2D eigenvalue weighted by Crippen LogP contribution is 2.31. The van der Waals surface area contributed by atoms with Crippen LogP contribution in [0.15, 0.2) is 71.1 Å². The lowest BCUT2D eigenvalue weighted by Crippen LogP contribution is -2.14. The molecule has 0 aliphatic heterocycles. The van der Waals surface area contributed by atoms with Crippen molar-refractivity contribution in [2.45, 2.75) is 4.34 Å².